The van der Waals surface area contributed by atoms with E-state index < -0.39 is 0 Å². The van der Waals surface area contributed by atoms with Crippen molar-refractivity contribution in [3.05, 3.63) is 52.2 Å². The van der Waals surface area contributed by atoms with Gasteiger partial charge in [0, 0.05) is 19.3 Å². The van der Waals surface area contributed by atoms with E-state index in [-0.39, 0.29) is 0 Å². The number of thiocarbonyl (C=S) groups is 1. The second kappa shape index (κ2) is 5.98. The fourth-order valence-corrected chi connectivity index (χ4v) is 2.43. The normalized spacial score (nSPS) is 10.1. The maximum Gasteiger partial charge on any atom is 0.173 e. The van der Waals surface area contributed by atoms with Gasteiger partial charge in [-0.15, -0.1) is 0 Å². The lowest BCUT2D eigenvalue weighted by Crippen LogP contribution is -2.30. The zero-order valence-electron chi connectivity index (χ0n) is 10.5. The molecular formula is C14H16N2S2. The summed E-state index contributed by atoms with van der Waals surface area (Å²) in [7, 11) is 2.00. The lowest BCUT2D eigenvalue weighted by Gasteiger charge is -2.20. The minimum atomic E-state index is 0.741. The average Bonchev–Trinajstić information content (AvgIpc) is 2.85. The Labute approximate surface area is 117 Å². The Bertz CT molecular complexity index is 503. The summed E-state index contributed by atoms with van der Waals surface area (Å²) in [5.74, 6) is 0. The van der Waals surface area contributed by atoms with E-state index in [1.807, 2.05) is 24.1 Å². The molecular weight excluding hydrogens is 260 g/mol. The van der Waals surface area contributed by atoms with Crippen LogP contribution in [0.4, 0.5) is 5.69 Å². The van der Waals surface area contributed by atoms with Crippen molar-refractivity contribution in [3.63, 3.8) is 0 Å². The third-order valence-corrected chi connectivity index (χ3v) is 3.80. The Kier molecular flexibility index (Phi) is 4.33. The molecule has 0 amide bonds. The second-order valence-corrected chi connectivity index (χ2v) is 5.45. The lowest BCUT2D eigenvalue weighted by molar-refractivity contribution is 0.509. The molecule has 0 unspecified atom stereocenters. The van der Waals surface area contributed by atoms with Crippen molar-refractivity contribution in [2.75, 3.05) is 12.4 Å². The summed E-state index contributed by atoms with van der Waals surface area (Å²) >= 11 is 7.09. The first-order valence-electron chi connectivity index (χ1n) is 5.75. The first kappa shape index (κ1) is 13.1. The van der Waals surface area contributed by atoms with E-state index in [9.17, 15) is 0 Å². The molecule has 0 saturated carbocycles. The monoisotopic (exact) mass is 276 g/mol. The van der Waals surface area contributed by atoms with E-state index >= 15 is 0 Å². The number of anilines is 1. The first-order chi connectivity index (χ1) is 8.65. The average molecular weight is 276 g/mol. The van der Waals surface area contributed by atoms with E-state index in [1.165, 1.54) is 11.1 Å². The Morgan fingerprint density at radius 3 is 2.61 bits per heavy atom. The van der Waals surface area contributed by atoms with Gasteiger partial charge in [0.15, 0.2) is 5.11 Å². The highest BCUT2D eigenvalue weighted by molar-refractivity contribution is 7.80. The van der Waals surface area contributed by atoms with Gasteiger partial charge in [-0.25, -0.2) is 0 Å². The Morgan fingerprint density at radius 1 is 1.28 bits per heavy atom. The number of aryl methyl sites for hydroxylation is 1. The molecule has 0 aliphatic heterocycles. The fraction of sp³-hybridized carbons (Fsp3) is 0.214. The van der Waals surface area contributed by atoms with Gasteiger partial charge in [0.2, 0.25) is 0 Å². The molecule has 0 fully saturated rings. The molecule has 1 N–H and O–H groups in total. The van der Waals surface area contributed by atoms with Crippen LogP contribution in [-0.4, -0.2) is 17.1 Å². The summed E-state index contributed by atoms with van der Waals surface area (Å²) < 4.78 is 0. The SMILES string of the molecule is Cc1ccc(NC(=S)N(C)Cc2ccsc2)cc1. The molecule has 0 aliphatic rings. The van der Waals surface area contributed by atoms with Crippen molar-refractivity contribution < 1.29 is 0 Å². The van der Waals surface area contributed by atoms with Crippen LogP contribution in [0.1, 0.15) is 11.1 Å². The van der Waals surface area contributed by atoms with E-state index in [0.717, 1.165) is 17.3 Å². The summed E-state index contributed by atoms with van der Waals surface area (Å²) in [5.41, 5.74) is 3.57. The van der Waals surface area contributed by atoms with E-state index in [2.05, 4.69) is 41.2 Å². The van der Waals surface area contributed by atoms with Crippen molar-refractivity contribution in [2.24, 2.45) is 0 Å². The van der Waals surface area contributed by atoms with Gasteiger partial charge in [0.05, 0.1) is 0 Å². The van der Waals surface area contributed by atoms with Gasteiger partial charge in [0.25, 0.3) is 0 Å². The smallest absolute Gasteiger partial charge is 0.173 e. The van der Waals surface area contributed by atoms with Gasteiger partial charge in [-0.2, -0.15) is 11.3 Å². The lowest BCUT2D eigenvalue weighted by atomic mass is 10.2. The summed E-state index contributed by atoms with van der Waals surface area (Å²) in [6, 6.07) is 10.4. The number of rotatable bonds is 3. The zero-order valence-corrected chi connectivity index (χ0v) is 12.1. The molecule has 0 atom stereocenters. The van der Waals surface area contributed by atoms with Gasteiger partial charge >= 0.3 is 0 Å². The standard InChI is InChI=1S/C14H16N2S2/c1-11-3-5-13(6-4-11)15-14(17)16(2)9-12-7-8-18-10-12/h3-8,10H,9H2,1-2H3,(H,15,17). The number of nitrogens with one attached hydrogen (secondary N) is 1. The summed E-state index contributed by atoms with van der Waals surface area (Å²) in [5, 5.41) is 8.21. The number of benzene rings is 1. The Morgan fingerprint density at radius 2 is 2.00 bits per heavy atom. The van der Waals surface area contributed by atoms with Gasteiger partial charge in [-0.3, -0.25) is 0 Å². The molecule has 2 aromatic rings. The van der Waals surface area contributed by atoms with Gasteiger partial charge in [-0.1, -0.05) is 17.7 Å². The molecule has 2 rings (SSSR count). The molecule has 0 spiro atoms. The highest BCUT2D eigenvalue weighted by Crippen LogP contribution is 2.12. The van der Waals surface area contributed by atoms with Crippen LogP contribution in [0.3, 0.4) is 0 Å². The predicted molar refractivity (Wildman–Crippen MR) is 83.2 cm³/mol. The molecule has 2 nitrogen and oxygen atoms in total. The van der Waals surface area contributed by atoms with Crippen LogP contribution in [0, 0.1) is 6.92 Å². The number of nitrogens with zero attached hydrogens (tertiary/aromatic N) is 1. The van der Waals surface area contributed by atoms with E-state index in [1.54, 1.807) is 11.3 Å². The molecule has 4 heteroatoms. The van der Waals surface area contributed by atoms with Crippen LogP contribution in [0.25, 0.3) is 0 Å². The Balaban J connectivity index is 1.93. The zero-order chi connectivity index (χ0) is 13.0. The third-order valence-electron chi connectivity index (χ3n) is 2.65. The molecule has 0 saturated heterocycles. The summed E-state index contributed by atoms with van der Waals surface area (Å²) in [6.45, 7) is 2.91. The Hall–Kier alpha value is -1.39. The van der Waals surface area contributed by atoms with Crippen LogP contribution >= 0.6 is 23.6 Å². The van der Waals surface area contributed by atoms with Crippen LogP contribution < -0.4 is 5.32 Å². The molecule has 1 heterocycles. The highest BCUT2D eigenvalue weighted by atomic mass is 32.1. The van der Waals surface area contributed by atoms with Crippen LogP contribution in [0.15, 0.2) is 41.1 Å². The second-order valence-electron chi connectivity index (χ2n) is 4.28. The van der Waals surface area contributed by atoms with E-state index in [0.29, 0.717) is 0 Å². The third kappa shape index (κ3) is 3.55. The number of thiophene rings is 1. The number of hydrogen-bond donors (Lipinski definition) is 1. The molecule has 1 aromatic heterocycles. The minimum absolute atomic E-state index is 0.741. The molecule has 0 radical (unpaired) electrons. The van der Waals surface area contributed by atoms with Crippen molar-refractivity contribution in [1.29, 1.82) is 0 Å². The quantitative estimate of drug-likeness (QED) is 0.856. The molecule has 0 bridgehead atoms. The van der Waals surface area contributed by atoms with Crippen LogP contribution in [-0.2, 0) is 6.54 Å². The topological polar surface area (TPSA) is 15.3 Å². The van der Waals surface area contributed by atoms with Gasteiger partial charge in [0.1, 0.15) is 0 Å². The molecule has 94 valence electrons. The van der Waals surface area contributed by atoms with E-state index in [4.69, 9.17) is 12.2 Å². The van der Waals surface area contributed by atoms with Crippen molar-refractivity contribution in [3.8, 4) is 0 Å². The van der Waals surface area contributed by atoms with Crippen LogP contribution in [0.2, 0.25) is 0 Å². The maximum absolute atomic E-state index is 5.38. The molecule has 1 aromatic carbocycles. The fourth-order valence-electron chi connectivity index (χ4n) is 1.58. The minimum Gasteiger partial charge on any atom is -0.348 e. The predicted octanol–water partition coefficient (Wildman–Crippen LogP) is 3.89. The van der Waals surface area contributed by atoms with Crippen molar-refractivity contribution in [1.82, 2.24) is 4.90 Å². The van der Waals surface area contributed by atoms with Gasteiger partial charge in [-0.05, 0) is 53.7 Å². The molecule has 18 heavy (non-hydrogen) atoms. The molecule has 0 aliphatic carbocycles. The van der Waals surface area contributed by atoms with Gasteiger partial charge < -0.3 is 10.2 Å². The summed E-state index contributed by atoms with van der Waals surface area (Å²) in [6.07, 6.45) is 0. The van der Waals surface area contributed by atoms with Crippen LogP contribution in [0.5, 0.6) is 0 Å². The van der Waals surface area contributed by atoms with Crippen molar-refractivity contribution in [2.45, 2.75) is 13.5 Å². The van der Waals surface area contributed by atoms with Crippen molar-refractivity contribution >= 4 is 34.4 Å². The largest absolute Gasteiger partial charge is 0.348 e. The summed E-state index contributed by atoms with van der Waals surface area (Å²) in [4.78, 5) is 2.04. The first-order valence-corrected chi connectivity index (χ1v) is 7.10. The number of hydrogen-bond acceptors (Lipinski definition) is 2. The maximum atomic E-state index is 5.38. The highest BCUT2D eigenvalue weighted by Gasteiger charge is 2.05.